The van der Waals surface area contributed by atoms with Crippen LogP contribution >= 0.6 is 0 Å². The summed E-state index contributed by atoms with van der Waals surface area (Å²) in [5.74, 6) is -1.05. The number of hydrogen-bond donors (Lipinski definition) is 3. The number of carboxylic acid groups (broad SMARTS) is 1. The predicted molar refractivity (Wildman–Crippen MR) is 78.6 cm³/mol. The van der Waals surface area contributed by atoms with E-state index in [1.54, 1.807) is 0 Å². The summed E-state index contributed by atoms with van der Waals surface area (Å²) in [5, 5.41) is 14.6. The van der Waals surface area contributed by atoms with Gasteiger partial charge in [0.1, 0.15) is 6.04 Å². The van der Waals surface area contributed by atoms with Crippen LogP contribution in [-0.2, 0) is 4.79 Å². The molecule has 5 heteroatoms. The molecule has 0 aromatic carbocycles. The van der Waals surface area contributed by atoms with E-state index in [4.69, 9.17) is 5.11 Å². The van der Waals surface area contributed by atoms with E-state index in [9.17, 15) is 9.59 Å². The van der Waals surface area contributed by atoms with Crippen LogP contribution in [0.3, 0.4) is 0 Å². The molecule has 1 fully saturated rings. The number of urea groups is 1. The summed E-state index contributed by atoms with van der Waals surface area (Å²) in [6.45, 7) is 8.24. The van der Waals surface area contributed by atoms with Crippen molar-refractivity contribution < 1.29 is 14.7 Å². The van der Waals surface area contributed by atoms with E-state index in [1.807, 2.05) is 13.8 Å². The zero-order chi connectivity index (χ0) is 15.3. The molecular formula is C15H28N2O3. The van der Waals surface area contributed by atoms with Crippen LogP contribution in [0.2, 0.25) is 0 Å². The first-order valence-electron chi connectivity index (χ1n) is 7.55. The van der Waals surface area contributed by atoms with Gasteiger partial charge in [0, 0.05) is 6.04 Å². The average molecular weight is 284 g/mol. The highest BCUT2D eigenvalue weighted by Gasteiger charge is 2.29. The van der Waals surface area contributed by atoms with Gasteiger partial charge in [-0.2, -0.15) is 0 Å². The lowest BCUT2D eigenvalue weighted by Gasteiger charge is -2.34. The van der Waals surface area contributed by atoms with Crippen molar-refractivity contribution in [1.82, 2.24) is 10.6 Å². The summed E-state index contributed by atoms with van der Waals surface area (Å²) < 4.78 is 0. The van der Waals surface area contributed by atoms with E-state index in [0.717, 1.165) is 32.1 Å². The lowest BCUT2D eigenvalue weighted by molar-refractivity contribution is -0.140. The van der Waals surface area contributed by atoms with Crippen LogP contribution in [0.4, 0.5) is 4.79 Å². The first-order valence-corrected chi connectivity index (χ1v) is 7.55. The number of rotatable bonds is 5. The quantitative estimate of drug-likeness (QED) is 0.726. The van der Waals surface area contributed by atoms with Crippen LogP contribution in [-0.4, -0.2) is 29.2 Å². The maximum absolute atomic E-state index is 11.9. The van der Waals surface area contributed by atoms with Gasteiger partial charge in [-0.25, -0.2) is 9.59 Å². The van der Waals surface area contributed by atoms with Gasteiger partial charge in [-0.15, -0.1) is 0 Å². The second kappa shape index (κ2) is 6.95. The maximum atomic E-state index is 11.9. The molecule has 3 N–H and O–H groups in total. The van der Waals surface area contributed by atoms with Crippen molar-refractivity contribution in [3.8, 4) is 0 Å². The molecule has 116 valence electrons. The van der Waals surface area contributed by atoms with Crippen molar-refractivity contribution in [3.05, 3.63) is 0 Å². The Hall–Kier alpha value is -1.26. The highest BCUT2D eigenvalue weighted by atomic mass is 16.4. The average Bonchev–Trinajstić information content (AvgIpc) is 2.37. The zero-order valence-electron chi connectivity index (χ0n) is 13.0. The fourth-order valence-electron chi connectivity index (χ4n) is 2.60. The van der Waals surface area contributed by atoms with E-state index in [0.29, 0.717) is 5.41 Å². The number of carbonyl (C=O) groups excluding carboxylic acids is 1. The Bertz CT molecular complexity index is 345. The summed E-state index contributed by atoms with van der Waals surface area (Å²) >= 11 is 0. The molecule has 0 aromatic heterocycles. The molecule has 1 aliphatic rings. The Morgan fingerprint density at radius 1 is 1.30 bits per heavy atom. The molecule has 2 atom stereocenters. The molecule has 2 amide bonds. The lowest BCUT2D eigenvalue weighted by atomic mass is 9.76. The van der Waals surface area contributed by atoms with Crippen LogP contribution in [0.5, 0.6) is 0 Å². The summed E-state index contributed by atoms with van der Waals surface area (Å²) in [6, 6.07) is -1.02. The van der Waals surface area contributed by atoms with Gasteiger partial charge < -0.3 is 15.7 Å². The Morgan fingerprint density at radius 2 is 1.85 bits per heavy atom. The summed E-state index contributed by atoms with van der Waals surface area (Å²) in [7, 11) is 0. The molecule has 1 aliphatic carbocycles. The minimum absolute atomic E-state index is 0.0801. The predicted octanol–water partition coefficient (Wildman–Crippen LogP) is 2.75. The fraction of sp³-hybridized carbons (Fsp3) is 0.867. The molecule has 1 saturated carbocycles. The first-order chi connectivity index (χ1) is 9.25. The van der Waals surface area contributed by atoms with Gasteiger partial charge in [-0.3, -0.25) is 0 Å². The third-order valence-corrected chi connectivity index (χ3v) is 4.44. The number of aliphatic carboxylic acids is 1. The van der Waals surface area contributed by atoms with Gasteiger partial charge in [-0.05, 0) is 37.0 Å². The Kier molecular flexibility index (Phi) is 5.84. The third-order valence-electron chi connectivity index (χ3n) is 4.44. The van der Waals surface area contributed by atoms with Crippen molar-refractivity contribution in [2.24, 2.45) is 11.3 Å². The van der Waals surface area contributed by atoms with E-state index in [2.05, 4.69) is 24.5 Å². The minimum Gasteiger partial charge on any atom is -0.480 e. The van der Waals surface area contributed by atoms with Crippen molar-refractivity contribution in [2.75, 3.05) is 0 Å². The van der Waals surface area contributed by atoms with E-state index in [-0.39, 0.29) is 18.0 Å². The molecule has 0 aromatic rings. The second-order valence-corrected chi connectivity index (χ2v) is 6.76. The fourth-order valence-corrected chi connectivity index (χ4v) is 2.60. The second-order valence-electron chi connectivity index (χ2n) is 6.76. The lowest BCUT2D eigenvalue weighted by Crippen LogP contribution is -2.52. The van der Waals surface area contributed by atoms with Crippen LogP contribution < -0.4 is 10.6 Å². The highest BCUT2D eigenvalue weighted by molar-refractivity contribution is 5.82. The van der Waals surface area contributed by atoms with Crippen molar-refractivity contribution in [2.45, 2.75) is 71.9 Å². The summed E-state index contributed by atoms with van der Waals surface area (Å²) in [6.07, 6.45) is 4.81. The van der Waals surface area contributed by atoms with Crippen LogP contribution in [0, 0.1) is 11.3 Å². The first kappa shape index (κ1) is 16.8. The number of nitrogens with one attached hydrogen (secondary N) is 2. The monoisotopic (exact) mass is 284 g/mol. The van der Waals surface area contributed by atoms with Crippen molar-refractivity contribution in [1.29, 1.82) is 0 Å². The normalized spacial score (nSPS) is 21.8. The van der Waals surface area contributed by atoms with Gasteiger partial charge in [-0.1, -0.05) is 34.1 Å². The highest BCUT2D eigenvalue weighted by Crippen LogP contribution is 2.34. The van der Waals surface area contributed by atoms with Crippen molar-refractivity contribution >= 4 is 12.0 Å². The molecule has 0 saturated heterocycles. The van der Waals surface area contributed by atoms with Crippen molar-refractivity contribution in [3.63, 3.8) is 0 Å². The van der Waals surface area contributed by atoms with Gasteiger partial charge in [0.25, 0.3) is 0 Å². The third kappa shape index (κ3) is 5.02. The van der Waals surface area contributed by atoms with E-state index >= 15 is 0 Å². The largest absolute Gasteiger partial charge is 0.480 e. The van der Waals surface area contributed by atoms with Gasteiger partial charge >= 0.3 is 12.0 Å². The van der Waals surface area contributed by atoms with Gasteiger partial charge in [0.15, 0.2) is 0 Å². The summed E-state index contributed by atoms with van der Waals surface area (Å²) in [4.78, 5) is 23.1. The number of hydrogen-bond acceptors (Lipinski definition) is 2. The zero-order valence-corrected chi connectivity index (χ0v) is 13.0. The van der Waals surface area contributed by atoms with Crippen LogP contribution in [0.1, 0.15) is 59.8 Å². The summed E-state index contributed by atoms with van der Waals surface area (Å²) in [5.41, 5.74) is 0.356. The molecular weight excluding hydrogens is 256 g/mol. The number of carbonyl (C=O) groups is 2. The van der Waals surface area contributed by atoms with E-state index in [1.165, 1.54) is 0 Å². The molecule has 0 bridgehead atoms. The Morgan fingerprint density at radius 3 is 2.30 bits per heavy atom. The van der Waals surface area contributed by atoms with Gasteiger partial charge in [0.05, 0.1) is 0 Å². The molecule has 0 radical (unpaired) electrons. The molecule has 1 rings (SSSR count). The van der Waals surface area contributed by atoms with Crippen LogP contribution in [0.15, 0.2) is 0 Å². The Labute approximate surface area is 121 Å². The Balaban J connectivity index is 2.45. The van der Waals surface area contributed by atoms with E-state index < -0.39 is 12.0 Å². The molecule has 0 heterocycles. The molecule has 20 heavy (non-hydrogen) atoms. The molecule has 5 nitrogen and oxygen atoms in total. The maximum Gasteiger partial charge on any atom is 0.326 e. The minimum atomic E-state index is -0.973. The molecule has 0 spiro atoms. The number of amides is 2. The molecule has 1 unspecified atom stereocenters. The van der Waals surface area contributed by atoms with Crippen LogP contribution in [0.25, 0.3) is 0 Å². The molecule has 0 aliphatic heterocycles. The number of carboxylic acids is 1. The standard InChI is InChI=1S/C15H28N2O3/c1-5-10(2)12(13(18)19)17-14(20)16-11-6-8-15(3,4)9-7-11/h10-12H,5-9H2,1-4H3,(H,18,19)(H2,16,17,20)/t10?,12-/m0/s1. The SMILES string of the molecule is CCC(C)[C@H](NC(=O)NC1CCC(C)(C)CC1)C(=O)O. The smallest absolute Gasteiger partial charge is 0.326 e. The van der Waals surface area contributed by atoms with Gasteiger partial charge in [0.2, 0.25) is 0 Å². The topological polar surface area (TPSA) is 78.4 Å².